The molecular weight excluding hydrogens is 383 g/mol. The van der Waals surface area contributed by atoms with E-state index in [4.69, 9.17) is 0 Å². The van der Waals surface area contributed by atoms with E-state index in [1.807, 2.05) is 12.1 Å². The highest BCUT2D eigenvalue weighted by Crippen LogP contribution is 2.21. The Bertz CT molecular complexity index is 545. The van der Waals surface area contributed by atoms with Crippen molar-refractivity contribution in [3.05, 3.63) is 23.9 Å². The molecule has 1 aromatic rings. The number of aromatic nitrogens is 1. The number of rotatable bonds is 6. The molecule has 1 aromatic heterocycles. The number of amides is 1. The van der Waals surface area contributed by atoms with E-state index >= 15 is 0 Å². The summed E-state index contributed by atoms with van der Waals surface area (Å²) in [6, 6.07) is 4.37. The average molecular weight is 417 g/mol. The molecule has 154 valence electrons. The van der Waals surface area contributed by atoms with E-state index in [-0.39, 0.29) is 30.7 Å². The molecule has 0 radical (unpaired) electrons. The number of piperidine rings is 1. The molecule has 1 amide bonds. The van der Waals surface area contributed by atoms with Crippen LogP contribution in [-0.4, -0.2) is 43.1 Å². The Hall–Kier alpha value is -1.04. The zero-order valence-electron chi connectivity index (χ0n) is 16.1. The van der Waals surface area contributed by atoms with Crippen LogP contribution in [0.15, 0.2) is 18.3 Å². The second kappa shape index (κ2) is 13.2. The van der Waals surface area contributed by atoms with Gasteiger partial charge in [-0.2, -0.15) is 0 Å². The smallest absolute Gasteiger partial charge is 0.255 e. The van der Waals surface area contributed by atoms with E-state index in [1.54, 1.807) is 6.20 Å². The summed E-state index contributed by atoms with van der Waals surface area (Å²) in [5, 5.41) is 6.67. The fourth-order valence-corrected chi connectivity index (χ4v) is 3.96. The largest absolute Gasteiger partial charge is 0.356 e. The summed E-state index contributed by atoms with van der Waals surface area (Å²) in [6.45, 7) is 3.51. The number of nitrogens with one attached hydrogen (secondary N) is 2. The Morgan fingerprint density at radius 3 is 2.37 bits per heavy atom. The topological polar surface area (TPSA) is 57.3 Å². The van der Waals surface area contributed by atoms with Gasteiger partial charge in [-0.25, -0.2) is 4.98 Å². The lowest BCUT2D eigenvalue weighted by atomic mass is 10.1. The second-order valence-corrected chi connectivity index (χ2v) is 7.32. The van der Waals surface area contributed by atoms with E-state index in [0.29, 0.717) is 18.2 Å². The van der Waals surface area contributed by atoms with Crippen molar-refractivity contribution in [3.63, 3.8) is 0 Å². The van der Waals surface area contributed by atoms with E-state index in [9.17, 15) is 4.79 Å². The van der Waals surface area contributed by atoms with Crippen molar-refractivity contribution in [3.8, 4) is 0 Å². The summed E-state index contributed by atoms with van der Waals surface area (Å²) >= 11 is 0. The molecule has 0 bridgehead atoms. The maximum Gasteiger partial charge on any atom is 0.255 e. The van der Waals surface area contributed by atoms with Crippen LogP contribution in [-0.2, 0) is 0 Å². The molecule has 0 unspecified atom stereocenters. The van der Waals surface area contributed by atoms with E-state index in [1.165, 1.54) is 57.8 Å². The Morgan fingerprint density at radius 1 is 1.00 bits per heavy atom. The number of nitrogens with zero attached hydrogens (tertiary/aromatic N) is 2. The van der Waals surface area contributed by atoms with Gasteiger partial charge in [0.25, 0.3) is 5.91 Å². The Kier molecular flexibility index (Phi) is 11.7. The maximum absolute atomic E-state index is 12.6. The van der Waals surface area contributed by atoms with Crippen LogP contribution in [0.1, 0.15) is 68.1 Å². The molecule has 7 heteroatoms. The van der Waals surface area contributed by atoms with Crippen molar-refractivity contribution in [1.29, 1.82) is 0 Å². The standard InChI is InChI=1S/C20H32N4O.2ClH/c25-20(23-14-13-21-17-9-4-1-2-5-10-17)18-11-8-12-22-19(18)24-15-6-3-7-16-24;;/h8,11-12,17,21H,1-7,9-10,13-16H2,(H,23,25);2*1H. The van der Waals surface area contributed by atoms with Gasteiger partial charge in [-0.05, 0) is 44.2 Å². The van der Waals surface area contributed by atoms with Gasteiger partial charge >= 0.3 is 0 Å². The summed E-state index contributed by atoms with van der Waals surface area (Å²) < 4.78 is 0. The van der Waals surface area contributed by atoms with E-state index in [0.717, 1.165) is 25.5 Å². The summed E-state index contributed by atoms with van der Waals surface area (Å²) in [4.78, 5) is 19.3. The van der Waals surface area contributed by atoms with Crippen molar-refractivity contribution in [2.24, 2.45) is 0 Å². The second-order valence-electron chi connectivity index (χ2n) is 7.32. The monoisotopic (exact) mass is 416 g/mol. The molecule has 1 saturated heterocycles. The molecule has 2 fully saturated rings. The number of halogens is 2. The molecule has 0 atom stereocenters. The lowest BCUT2D eigenvalue weighted by Crippen LogP contribution is -2.38. The minimum absolute atomic E-state index is 0. The number of anilines is 1. The first-order valence-corrected chi connectivity index (χ1v) is 10.1. The van der Waals surface area contributed by atoms with Crippen LogP contribution < -0.4 is 15.5 Å². The lowest BCUT2D eigenvalue weighted by Gasteiger charge is -2.29. The third kappa shape index (κ3) is 7.47. The third-order valence-corrected chi connectivity index (χ3v) is 5.39. The number of pyridine rings is 1. The van der Waals surface area contributed by atoms with Gasteiger partial charge in [-0.1, -0.05) is 25.7 Å². The van der Waals surface area contributed by atoms with Gasteiger partial charge in [0, 0.05) is 38.4 Å². The first kappa shape index (κ1) is 24.0. The van der Waals surface area contributed by atoms with Gasteiger partial charge in [-0.15, -0.1) is 24.8 Å². The Balaban J connectivity index is 0.00000182. The predicted octanol–water partition coefficient (Wildman–Crippen LogP) is 3.96. The van der Waals surface area contributed by atoms with Crippen molar-refractivity contribution < 1.29 is 4.79 Å². The molecular formula is C20H34Cl2N4O. The first-order valence-electron chi connectivity index (χ1n) is 10.1. The fourth-order valence-electron chi connectivity index (χ4n) is 3.96. The minimum atomic E-state index is -0.00339. The number of hydrogen-bond donors (Lipinski definition) is 2. The van der Waals surface area contributed by atoms with Gasteiger partial charge in [0.2, 0.25) is 0 Å². The molecule has 27 heavy (non-hydrogen) atoms. The molecule has 5 nitrogen and oxygen atoms in total. The van der Waals surface area contributed by atoms with Gasteiger partial charge < -0.3 is 15.5 Å². The van der Waals surface area contributed by atoms with Crippen LogP contribution in [0.25, 0.3) is 0 Å². The minimum Gasteiger partial charge on any atom is -0.356 e. The van der Waals surface area contributed by atoms with Crippen LogP contribution in [0.2, 0.25) is 0 Å². The molecule has 2 heterocycles. The summed E-state index contributed by atoms with van der Waals surface area (Å²) in [5.41, 5.74) is 0.707. The third-order valence-electron chi connectivity index (χ3n) is 5.39. The fraction of sp³-hybridized carbons (Fsp3) is 0.700. The average Bonchev–Trinajstić information content (AvgIpc) is 2.94. The normalized spacial score (nSPS) is 18.0. The zero-order chi connectivity index (χ0) is 17.3. The van der Waals surface area contributed by atoms with Crippen molar-refractivity contribution >= 4 is 36.5 Å². The van der Waals surface area contributed by atoms with Gasteiger partial charge in [-0.3, -0.25) is 4.79 Å². The molecule has 0 aromatic carbocycles. The lowest BCUT2D eigenvalue weighted by molar-refractivity contribution is 0.0953. The zero-order valence-corrected chi connectivity index (χ0v) is 17.8. The van der Waals surface area contributed by atoms with E-state index < -0.39 is 0 Å². The first-order chi connectivity index (χ1) is 12.3. The highest BCUT2D eigenvalue weighted by atomic mass is 35.5. The molecule has 1 aliphatic heterocycles. The summed E-state index contributed by atoms with van der Waals surface area (Å²) in [6.07, 6.45) is 13.4. The molecule has 0 spiro atoms. The van der Waals surface area contributed by atoms with Gasteiger partial charge in [0.1, 0.15) is 5.82 Å². The van der Waals surface area contributed by atoms with Crippen molar-refractivity contribution in [2.45, 2.75) is 63.8 Å². The SMILES string of the molecule is Cl.Cl.O=C(NCCNC1CCCCCC1)c1cccnc1N1CCCCC1. The van der Waals surface area contributed by atoms with Crippen molar-refractivity contribution in [1.82, 2.24) is 15.6 Å². The van der Waals surface area contributed by atoms with Crippen LogP contribution in [0.3, 0.4) is 0 Å². The molecule has 2 aliphatic rings. The highest BCUT2D eigenvalue weighted by molar-refractivity contribution is 5.98. The number of carbonyl (C=O) groups excluding carboxylic acids is 1. The van der Waals surface area contributed by atoms with Crippen molar-refractivity contribution in [2.75, 3.05) is 31.1 Å². The molecule has 1 aliphatic carbocycles. The van der Waals surface area contributed by atoms with Crippen LogP contribution in [0, 0.1) is 0 Å². The Labute approximate surface area is 175 Å². The van der Waals surface area contributed by atoms with Crippen LogP contribution in [0.4, 0.5) is 5.82 Å². The van der Waals surface area contributed by atoms with Crippen LogP contribution in [0.5, 0.6) is 0 Å². The molecule has 1 saturated carbocycles. The van der Waals surface area contributed by atoms with Gasteiger partial charge in [0.15, 0.2) is 0 Å². The number of carbonyl (C=O) groups is 1. The van der Waals surface area contributed by atoms with Gasteiger partial charge in [0.05, 0.1) is 5.56 Å². The number of hydrogen-bond acceptors (Lipinski definition) is 4. The highest BCUT2D eigenvalue weighted by Gasteiger charge is 2.19. The predicted molar refractivity (Wildman–Crippen MR) is 117 cm³/mol. The maximum atomic E-state index is 12.6. The van der Waals surface area contributed by atoms with Crippen LogP contribution >= 0.6 is 24.8 Å². The molecule has 3 rings (SSSR count). The van der Waals surface area contributed by atoms with E-state index in [2.05, 4.69) is 20.5 Å². The molecule has 2 N–H and O–H groups in total. The summed E-state index contributed by atoms with van der Waals surface area (Å²) in [7, 11) is 0. The quantitative estimate of drug-likeness (QED) is 0.544. The Morgan fingerprint density at radius 2 is 1.67 bits per heavy atom. The summed E-state index contributed by atoms with van der Waals surface area (Å²) in [5.74, 6) is 0.841.